The normalized spacial score (nSPS) is 10.6. The fourth-order valence-corrected chi connectivity index (χ4v) is 2.36. The number of phenols is 2. The quantitative estimate of drug-likeness (QED) is 0.454. The lowest BCUT2D eigenvalue weighted by Gasteiger charge is -2.09. The third kappa shape index (κ3) is 4.75. The van der Waals surface area contributed by atoms with Crippen molar-refractivity contribution in [2.75, 3.05) is 13.7 Å². The topological polar surface area (TPSA) is 120 Å². The van der Waals surface area contributed by atoms with Crippen LogP contribution in [0.3, 0.4) is 0 Å². The second-order valence-corrected chi connectivity index (χ2v) is 5.78. The van der Waals surface area contributed by atoms with E-state index < -0.39 is 11.8 Å². The van der Waals surface area contributed by atoms with Crippen LogP contribution in [-0.2, 0) is 4.79 Å². The van der Waals surface area contributed by atoms with Crippen LogP contribution < -0.4 is 15.5 Å². The van der Waals surface area contributed by atoms with Gasteiger partial charge in [0.05, 0.1) is 25.4 Å². The molecule has 0 unspecified atom stereocenters. The molecule has 2 rings (SSSR count). The van der Waals surface area contributed by atoms with Gasteiger partial charge < -0.3 is 20.3 Å². The number of hydrazone groups is 1. The molecule has 0 aliphatic carbocycles. The van der Waals surface area contributed by atoms with Crippen molar-refractivity contribution < 1.29 is 24.5 Å². The summed E-state index contributed by atoms with van der Waals surface area (Å²) in [4.78, 5) is 24.0. The molecule has 2 aromatic rings. The fourth-order valence-electron chi connectivity index (χ4n) is 2.36. The molecule has 0 aliphatic heterocycles. The van der Waals surface area contributed by atoms with Gasteiger partial charge in [-0.1, -0.05) is 12.1 Å². The third-order valence-corrected chi connectivity index (χ3v) is 3.92. The van der Waals surface area contributed by atoms with E-state index in [1.807, 2.05) is 0 Å². The highest BCUT2D eigenvalue weighted by molar-refractivity contribution is 5.98. The first kappa shape index (κ1) is 19.8. The lowest BCUT2D eigenvalue weighted by molar-refractivity contribution is -0.120. The lowest BCUT2D eigenvalue weighted by Crippen LogP contribution is -2.35. The van der Waals surface area contributed by atoms with Gasteiger partial charge in [-0.05, 0) is 37.6 Å². The summed E-state index contributed by atoms with van der Waals surface area (Å²) in [5.41, 5.74) is 3.87. The zero-order valence-electron chi connectivity index (χ0n) is 15.2. The number of hydrogen-bond acceptors (Lipinski definition) is 6. The highest BCUT2D eigenvalue weighted by Crippen LogP contribution is 2.31. The summed E-state index contributed by atoms with van der Waals surface area (Å²) >= 11 is 0. The monoisotopic (exact) mass is 371 g/mol. The molecule has 0 bridgehead atoms. The molecule has 0 aromatic heterocycles. The largest absolute Gasteiger partial charge is 0.508 e. The molecule has 0 atom stereocenters. The Morgan fingerprint density at radius 2 is 1.93 bits per heavy atom. The van der Waals surface area contributed by atoms with Crippen LogP contribution in [0.1, 0.15) is 27.0 Å². The van der Waals surface area contributed by atoms with E-state index in [9.17, 15) is 19.8 Å². The highest BCUT2D eigenvalue weighted by Gasteiger charge is 2.13. The first-order chi connectivity index (χ1) is 12.8. The number of hydrogen-bond donors (Lipinski definition) is 4. The van der Waals surface area contributed by atoms with E-state index in [0.29, 0.717) is 28.0 Å². The summed E-state index contributed by atoms with van der Waals surface area (Å²) in [6, 6.07) is 8.15. The van der Waals surface area contributed by atoms with Gasteiger partial charge in [0, 0.05) is 11.1 Å². The minimum atomic E-state index is -0.540. The second kappa shape index (κ2) is 8.70. The van der Waals surface area contributed by atoms with Crippen molar-refractivity contribution in [2.24, 2.45) is 5.10 Å². The summed E-state index contributed by atoms with van der Waals surface area (Å²) in [5.74, 6) is -0.723. The number of nitrogens with zero attached hydrogens (tertiary/aromatic N) is 1. The van der Waals surface area contributed by atoms with Crippen LogP contribution in [-0.4, -0.2) is 41.9 Å². The Kier molecular flexibility index (Phi) is 6.37. The van der Waals surface area contributed by atoms with Crippen LogP contribution in [0.15, 0.2) is 35.4 Å². The van der Waals surface area contributed by atoms with Crippen molar-refractivity contribution in [1.29, 1.82) is 0 Å². The molecule has 0 radical (unpaired) electrons. The number of phenolic OH excluding ortho intramolecular Hbond substituents is 2. The fraction of sp³-hybridized carbons (Fsp3) is 0.211. The molecule has 0 saturated heterocycles. The van der Waals surface area contributed by atoms with Gasteiger partial charge in [-0.15, -0.1) is 0 Å². The van der Waals surface area contributed by atoms with Crippen LogP contribution in [0, 0.1) is 13.8 Å². The maximum Gasteiger partial charge on any atom is 0.259 e. The van der Waals surface area contributed by atoms with E-state index in [1.165, 1.54) is 19.4 Å². The van der Waals surface area contributed by atoms with Gasteiger partial charge >= 0.3 is 0 Å². The number of benzene rings is 2. The maximum atomic E-state index is 12.1. The van der Waals surface area contributed by atoms with E-state index in [0.717, 1.165) is 0 Å². The zero-order valence-corrected chi connectivity index (χ0v) is 15.2. The minimum Gasteiger partial charge on any atom is -0.508 e. The zero-order chi connectivity index (χ0) is 20.0. The molecule has 8 nitrogen and oxygen atoms in total. The Balaban J connectivity index is 1.94. The number of rotatable bonds is 6. The third-order valence-electron chi connectivity index (χ3n) is 3.92. The van der Waals surface area contributed by atoms with Crippen molar-refractivity contribution in [2.45, 2.75) is 13.8 Å². The molecule has 0 fully saturated rings. The van der Waals surface area contributed by atoms with Crippen molar-refractivity contribution in [3.8, 4) is 17.2 Å². The first-order valence-electron chi connectivity index (χ1n) is 8.10. The summed E-state index contributed by atoms with van der Waals surface area (Å²) in [5, 5.41) is 25.9. The molecule has 4 N–H and O–H groups in total. The van der Waals surface area contributed by atoms with E-state index in [2.05, 4.69) is 15.8 Å². The minimum absolute atomic E-state index is 0.0229. The van der Waals surface area contributed by atoms with E-state index >= 15 is 0 Å². The molecular weight excluding hydrogens is 350 g/mol. The van der Waals surface area contributed by atoms with Crippen LogP contribution in [0.5, 0.6) is 17.2 Å². The molecule has 8 heteroatoms. The average Bonchev–Trinajstić information content (AvgIpc) is 2.66. The number of carbonyl (C=O) groups excluding carboxylic acids is 2. The Hall–Kier alpha value is -3.55. The lowest BCUT2D eigenvalue weighted by atomic mass is 10.0. The average molecular weight is 371 g/mol. The predicted octanol–water partition coefficient (Wildman–Crippen LogP) is 1.60. The Bertz CT molecular complexity index is 893. The summed E-state index contributed by atoms with van der Waals surface area (Å²) in [7, 11) is 1.45. The Morgan fingerprint density at radius 1 is 1.22 bits per heavy atom. The number of aryl methyl sites for hydroxylation is 1. The van der Waals surface area contributed by atoms with Gasteiger partial charge in [-0.3, -0.25) is 9.59 Å². The SMILES string of the molecule is COc1ccccc1C(=O)NCC(=O)N/N=C/c1c(C)cc(O)c(C)c1O. The number of ether oxygens (including phenoxy) is 1. The molecule has 0 saturated carbocycles. The maximum absolute atomic E-state index is 12.1. The standard InChI is InChI=1S/C19H21N3O5/c1-11-8-15(23)12(2)18(25)14(11)9-21-22-17(24)10-20-19(26)13-6-4-5-7-16(13)27-3/h4-9,23,25H,10H2,1-3H3,(H,20,26)(H,22,24)/b21-9+. The van der Waals surface area contributed by atoms with E-state index in [4.69, 9.17) is 4.74 Å². The number of methoxy groups -OCH3 is 1. The van der Waals surface area contributed by atoms with Gasteiger partial charge in [0.25, 0.3) is 11.8 Å². The highest BCUT2D eigenvalue weighted by atomic mass is 16.5. The van der Waals surface area contributed by atoms with Crippen molar-refractivity contribution >= 4 is 18.0 Å². The van der Waals surface area contributed by atoms with Gasteiger partial charge in [0.1, 0.15) is 17.2 Å². The molecule has 142 valence electrons. The number of nitrogens with one attached hydrogen (secondary N) is 2. The predicted molar refractivity (Wildman–Crippen MR) is 100 cm³/mol. The Morgan fingerprint density at radius 3 is 2.63 bits per heavy atom. The van der Waals surface area contributed by atoms with Gasteiger partial charge in [-0.2, -0.15) is 5.10 Å². The molecular formula is C19H21N3O5. The summed E-state index contributed by atoms with van der Waals surface area (Å²) in [6.45, 7) is 2.97. The van der Waals surface area contributed by atoms with Crippen LogP contribution in [0.25, 0.3) is 0 Å². The first-order valence-corrected chi connectivity index (χ1v) is 8.10. The molecule has 2 amide bonds. The number of amides is 2. The summed E-state index contributed by atoms with van der Waals surface area (Å²) in [6.07, 6.45) is 1.27. The molecule has 0 heterocycles. The van der Waals surface area contributed by atoms with Crippen molar-refractivity contribution in [3.63, 3.8) is 0 Å². The number of carbonyl (C=O) groups is 2. The van der Waals surface area contributed by atoms with Crippen LogP contribution in [0.4, 0.5) is 0 Å². The summed E-state index contributed by atoms with van der Waals surface area (Å²) < 4.78 is 5.10. The number of para-hydroxylation sites is 1. The van der Waals surface area contributed by atoms with Gasteiger partial charge in [-0.25, -0.2) is 5.43 Å². The van der Waals surface area contributed by atoms with Gasteiger partial charge in [0.15, 0.2) is 0 Å². The molecule has 0 spiro atoms. The van der Waals surface area contributed by atoms with E-state index in [1.54, 1.807) is 38.1 Å². The smallest absolute Gasteiger partial charge is 0.259 e. The van der Waals surface area contributed by atoms with Crippen LogP contribution in [0.2, 0.25) is 0 Å². The molecule has 0 aliphatic rings. The van der Waals surface area contributed by atoms with Gasteiger partial charge in [0.2, 0.25) is 0 Å². The number of aromatic hydroxyl groups is 2. The van der Waals surface area contributed by atoms with Crippen molar-refractivity contribution in [3.05, 3.63) is 52.6 Å². The Labute approximate surface area is 156 Å². The molecule has 2 aromatic carbocycles. The van der Waals surface area contributed by atoms with Crippen molar-refractivity contribution in [1.82, 2.24) is 10.7 Å². The van der Waals surface area contributed by atoms with E-state index in [-0.39, 0.29) is 18.0 Å². The second-order valence-electron chi connectivity index (χ2n) is 5.78. The van der Waals surface area contributed by atoms with Crippen LogP contribution >= 0.6 is 0 Å². The molecule has 27 heavy (non-hydrogen) atoms.